The highest BCUT2D eigenvalue weighted by atomic mass is 14.9. The average Bonchev–Trinajstić information content (AvgIpc) is 0.749. The van der Waals surface area contributed by atoms with Crippen molar-refractivity contribution >= 4 is 43.6 Å². The second-order valence-corrected chi connectivity index (χ2v) is 28.9. The van der Waals surface area contributed by atoms with Crippen molar-refractivity contribution in [2.45, 2.75) is 20.3 Å². The summed E-state index contributed by atoms with van der Waals surface area (Å²) in [6.45, 7) is 4.18. The highest BCUT2D eigenvalue weighted by Gasteiger charge is 2.20. The van der Waals surface area contributed by atoms with Crippen LogP contribution in [0.2, 0.25) is 0 Å². The normalized spacial score (nSPS) is 11.3. The maximum Gasteiger partial charge on any atom is 0.160 e. The van der Waals surface area contributed by atoms with Gasteiger partial charge in [0.2, 0.25) is 0 Å². The molecule has 0 N–H and O–H groups in total. The lowest BCUT2D eigenvalue weighted by Crippen LogP contribution is -1.96. The Hall–Kier alpha value is -15.1. The Morgan fingerprint density at radius 2 is 0.461 bits per heavy atom. The summed E-state index contributed by atoms with van der Waals surface area (Å²) in [6.07, 6.45) is 0.869. The molecule has 0 amide bonds. The minimum absolute atomic E-state index is 0.693. The van der Waals surface area contributed by atoms with E-state index in [4.69, 9.17) is 39.9 Å². The summed E-state index contributed by atoms with van der Waals surface area (Å²) >= 11 is 0. The van der Waals surface area contributed by atoms with Crippen molar-refractivity contribution in [3.63, 3.8) is 0 Å². The summed E-state index contributed by atoms with van der Waals surface area (Å²) in [5.41, 5.74) is 33.0. The van der Waals surface area contributed by atoms with Gasteiger partial charge < -0.3 is 0 Å². The summed E-state index contributed by atoms with van der Waals surface area (Å²) in [5.74, 6) is 1.39. The Bertz CT molecular complexity index is 6930. The van der Waals surface area contributed by atoms with Gasteiger partial charge in [-0.05, 0) is 129 Å². The van der Waals surface area contributed by atoms with Gasteiger partial charge in [0.05, 0.1) is 56.2 Å². The molecule has 20 rings (SSSR count). The van der Waals surface area contributed by atoms with Crippen molar-refractivity contribution in [3.8, 4) is 157 Å². The molecule has 542 valence electrons. The largest absolute Gasteiger partial charge is 0.251 e. The van der Waals surface area contributed by atoms with Crippen LogP contribution in [0.25, 0.3) is 201 Å². The van der Waals surface area contributed by atoms with E-state index in [1.165, 1.54) is 16.7 Å². The molecule has 0 saturated heterocycles. The minimum atomic E-state index is 0.693. The van der Waals surface area contributed by atoms with Crippen molar-refractivity contribution in [2.75, 3.05) is 0 Å². The molecule has 6 aromatic heterocycles. The van der Waals surface area contributed by atoms with E-state index in [-0.39, 0.29) is 0 Å². The number of pyridine rings is 4. The summed E-state index contributed by atoms with van der Waals surface area (Å²) in [6, 6.07) is 140. The van der Waals surface area contributed by atoms with E-state index in [0.29, 0.717) is 11.6 Å². The molecule has 0 bridgehead atoms. The van der Waals surface area contributed by atoms with Gasteiger partial charge >= 0.3 is 0 Å². The van der Waals surface area contributed by atoms with E-state index in [0.717, 1.165) is 190 Å². The Kier molecular flexibility index (Phi) is 19.1. The summed E-state index contributed by atoms with van der Waals surface area (Å²) in [5, 5.41) is 4.37. The summed E-state index contributed by atoms with van der Waals surface area (Å²) in [4.78, 5) is 41.0. The van der Waals surface area contributed by atoms with Crippen LogP contribution in [0.1, 0.15) is 18.3 Å². The third-order valence-electron chi connectivity index (χ3n) is 21.4. The minimum Gasteiger partial charge on any atom is -0.251 e. The van der Waals surface area contributed by atoms with Gasteiger partial charge in [-0.25, -0.2) is 29.9 Å². The van der Waals surface area contributed by atoms with Crippen molar-refractivity contribution in [1.82, 2.24) is 39.9 Å². The number of rotatable bonds is 15. The molecule has 20 aromatic rings. The summed E-state index contributed by atoms with van der Waals surface area (Å²) in [7, 11) is 0. The van der Waals surface area contributed by atoms with Crippen molar-refractivity contribution < 1.29 is 0 Å². The molecule has 115 heavy (non-hydrogen) atoms. The van der Waals surface area contributed by atoms with Gasteiger partial charge in [-0.1, -0.05) is 359 Å². The van der Waals surface area contributed by atoms with Crippen LogP contribution in [-0.4, -0.2) is 39.9 Å². The molecular formula is C107H74N8. The van der Waals surface area contributed by atoms with Gasteiger partial charge in [0.25, 0.3) is 0 Å². The van der Waals surface area contributed by atoms with Gasteiger partial charge in [0.1, 0.15) is 0 Å². The Labute approximate surface area is 668 Å². The van der Waals surface area contributed by atoms with Crippen LogP contribution in [0.4, 0.5) is 0 Å². The van der Waals surface area contributed by atoms with Gasteiger partial charge in [0, 0.05) is 77.4 Å². The van der Waals surface area contributed by atoms with Gasteiger partial charge in [-0.2, -0.15) is 0 Å². The first-order chi connectivity index (χ1) is 56.8. The van der Waals surface area contributed by atoms with Crippen molar-refractivity contribution in [2.24, 2.45) is 0 Å². The van der Waals surface area contributed by atoms with Crippen molar-refractivity contribution in [3.05, 3.63) is 412 Å². The third kappa shape index (κ3) is 14.7. The standard InChI is InChI=1S/C54H38N4.C53H36N4/c1-2-46-31-29-42-30-32-47-48(39-15-8-4-9-16-39)34-49(56-53(47)52(42)55-46)45-20-12-19-44(33-45)38-23-27-41(28-24-38)51-35-50(57-54(58-51)43-17-10-5-11-18-43)40-25-21-37(22-26-40)36-13-6-3-7-14-36;1-35-20-21-42-30-31-46-47(39-14-7-3-8-15-39)33-48(55-52(46)51(42)54-35)45-19-11-18-44(32-45)38-22-26-41(27-23-38)50-34-49(40-16-9-4-10-17-40)56-53(57-50)43-28-24-37(25-29-43)36-12-5-2-6-13-36/h3-35H,2H2,1H3;2-34H,1H3. The zero-order valence-corrected chi connectivity index (χ0v) is 63.4. The van der Waals surface area contributed by atoms with E-state index in [1.54, 1.807) is 0 Å². The Balaban J connectivity index is 0.000000154. The molecule has 0 aliphatic heterocycles. The summed E-state index contributed by atoms with van der Waals surface area (Å²) < 4.78 is 0. The maximum absolute atomic E-state index is 5.33. The molecule has 0 radical (unpaired) electrons. The number of hydrogen-bond acceptors (Lipinski definition) is 8. The zero-order chi connectivity index (χ0) is 77.0. The van der Waals surface area contributed by atoms with E-state index in [1.807, 2.05) is 55.5 Å². The Morgan fingerprint density at radius 3 is 0.861 bits per heavy atom. The predicted molar refractivity (Wildman–Crippen MR) is 475 cm³/mol. The van der Waals surface area contributed by atoms with Crippen molar-refractivity contribution in [1.29, 1.82) is 0 Å². The van der Waals surface area contributed by atoms with Crippen LogP contribution < -0.4 is 0 Å². The second-order valence-electron chi connectivity index (χ2n) is 28.9. The van der Waals surface area contributed by atoms with Gasteiger partial charge in [-0.15, -0.1) is 0 Å². The van der Waals surface area contributed by atoms with Gasteiger partial charge in [-0.3, -0.25) is 9.97 Å². The number of fused-ring (bicyclic) bond motifs is 6. The lowest BCUT2D eigenvalue weighted by molar-refractivity contribution is 1.06. The fourth-order valence-electron chi connectivity index (χ4n) is 15.3. The lowest BCUT2D eigenvalue weighted by atomic mass is 9.95. The number of nitrogens with zero attached hydrogens (tertiary/aromatic N) is 8. The monoisotopic (exact) mass is 1470 g/mol. The third-order valence-corrected chi connectivity index (χ3v) is 21.4. The zero-order valence-electron chi connectivity index (χ0n) is 63.4. The fourth-order valence-corrected chi connectivity index (χ4v) is 15.3. The first-order valence-corrected chi connectivity index (χ1v) is 39.0. The average molecular weight is 1470 g/mol. The Morgan fingerprint density at radius 1 is 0.183 bits per heavy atom. The maximum atomic E-state index is 5.33. The van der Waals surface area contributed by atoms with Crippen LogP contribution in [0.15, 0.2) is 400 Å². The fraction of sp³-hybridized carbons (Fsp3) is 0.0280. The van der Waals surface area contributed by atoms with Crippen LogP contribution >= 0.6 is 0 Å². The smallest absolute Gasteiger partial charge is 0.160 e. The van der Waals surface area contributed by atoms with Crippen LogP contribution in [0.3, 0.4) is 0 Å². The molecule has 8 heteroatoms. The molecule has 8 nitrogen and oxygen atoms in total. The van der Waals surface area contributed by atoms with E-state index < -0.39 is 0 Å². The van der Waals surface area contributed by atoms with Crippen LogP contribution in [0.5, 0.6) is 0 Å². The SMILES string of the molecule is CCc1ccc2ccc3c(-c4ccccc4)cc(-c4cccc(-c5ccc(-c6cc(-c7ccc(-c8ccccc8)cc7)nc(-c7ccccc7)n6)cc5)c4)nc3c2n1.Cc1ccc2ccc3c(-c4ccccc4)cc(-c4cccc(-c5ccc(-c6cc(-c7ccccc7)nc(-c7ccc(-c8ccccc8)cc7)n6)cc5)c4)nc3c2n1. The lowest BCUT2D eigenvalue weighted by Gasteiger charge is -2.13. The first kappa shape index (κ1) is 70.3. The van der Waals surface area contributed by atoms with E-state index in [2.05, 4.69) is 359 Å². The molecule has 0 fully saturated rings. The quantitative estimate of drug-likeness (QED) is 0.0935. The topological polar surface area (TPSA) is 103 Å². The molecule has 0 aliphatic carbocycles. The van der Waals surface area contributed by atoms with E-state index in [9.17, 15) is 0 Å². The highest BCUT2D eigenvalue weighted by molar-refractivity contribution is 6.11. The molecule has 0 aliphatic rings. The van der Waals surface area contributed by atoms with E-state index >= 15 is 0 Å². The highest BCUT2D eigenvalue weighted by Crippen LogP contribution is 2.41. The number of hydrogen-bond donors (Lipinski definition) is 0. The molecule has 0 spiro atoms. The number of benzene rings is 14. The van der Waals surface area contributed by atoms with Crippen LogP contribution in [0, 0.1) is 6.92 Å². The molecule has 0 unspecified atom stereocenters. The molecule has 0 saturated carbocycles. The first-order valence-electron chi connectivity index (χ1n) is 39.0. The predicted octanol–water partition coefficient (Wildman–Crippen LogP) is 27.4. The van der Waals surface area contributed by atoms with Crippen LogP contribution in [-0.2, 0) is 6.42 Å². The van der Waals surface area contributed by atoms with Gasteiger partial charge in [0.15, 0.2) is 11.6 Å². The number of aromatic nitrogens is 8. The molecule has 6 heterocycles. The number of aryl methyl sites for hydroxylation is 2. The second kappa shape index (κ2) is 31.3. The molecule has 0 atom stereocenters. The molecule has 14 aromatic carbocycles. The molecular weight excluding hydrogens is 1400 g/mol.